The fraction of sp³-hybridized carbons (Fsp3) is 0.553. The lowest BCUT2D eigenvalue weighted by Crippen LogP contribution is -2.60. The Morgan fingerprint density at radius 1 is 1.02 bits per heavy atom. The number of sulfonamides is 1. The van der Waals surface area contributed by atoms with Gasteiger partial charge in [0.15, 0.2) is 0 Å². The molecule has 1 amide bonds. The molecule has 2 aliphatic heterocycles. The van der Waals surface area contributed by atoms with Crippen molar-refractivity contribution in [3.8, 4) is 17.1 Å². The molecule has 2 saturated carbocycles. The van der Waals surface area contributed by atoms with Crippen molar-refractivity contribution in [2.45, 2.75) is 95.7 Å². The molecule has 4 bridgehead atoms. The quantitative estimate of drug-likeness (QED) is 0.297. The van der Waals surface area contributed by atoms with E-state index in [4.69, 9.17) is 9.47 Å². The monoisotopic (exact) mass is 687 g/mol. The normalized spacial score (nSPS) is 22.4. The summed E-state index contributed by atoms with van der Waals surface area (Å²) in [4.78, 5) is 28.2. The molecule has 0 radical (unpaired) electrons. The van der Waals surface area contributed by atoms with Crippen molar-refractivity contribution >= 4 is 21.9 Å². The van der Waals surface area contributed by atoms with Gasteiger partial charge in [-0.25, -0.2) is 18.1 Å². The van der Waals surface area contributed by atoms with Crippen molar-refractivity contribution in [2.75, 3.05) is 37.6 Å². The summed E-state index contributed by atoms with van der Waals surface area (Å²) in [7, 11) is -4.11. The highest BCUT2D eigenvalue weighted by atomic mass is 32.2. The van der Waals surface area contributed by atoms with Gasteiger partial charge >= 0.3 is 0 Å². The molecule has 4 aliphatic rings. The van der Waals surface area contributed by atoms with E-state index in [1.54, 1.807) is 18.2 Å². The zero-order valence-electron chi connectivity index (χ0n) is 29.2. The van der Waals surface area contributed by atoms with Gasteiger partial charge in [-0.15, -0.1) is 0 Å². The highest BCUT2D eigenvalue weighted by Crippen LogP contribution is 2.52. The van der Waals surface area contributed by atoms with E-state index in [9.17, 15) is 13.2 Å². The molecule has 3 fully saturated rings. The molecule has 262 valence electrons. The number of ether oxygens (including phenoxy) is 2. The third-order valence-corrected chi connectivity index (χ3v) is 12.1. The van der Waals surface area contributed by atoms with Gasteiger partial charge in [-0.3, -0.25) is 4.79 Å². The number of fused-ring (bicyclic) bond motifs is 4. The highest BCUT2D eigenvalue weighted by molar-refractivity contribution is 7.92. The number of carbonyl (C=O) groups is 1. The number of aromatic nitrogens is 2. The van der Waals surface area contributed by atoms with Crippen LogP contribution in [-0.2, 0) is 14.8 Å². The summed E-state index contributed by atoms with van der Waals surface area (Å²) in [5.41, 5.74) is 4.07. The van der Waals surface area contributed by atoms with Crippen LogP contribution in [0.25, 0.3) is 11.3 Å². The summed E-state index contributed by atoms with van der Waals surface area (Å²) in [5.74, 6) is 0.332. The number of hydrogen-bond donors (Lipinski definition) is 1. The standard InChI is InChI=1S/C38H49N5O5S/c1-25(2)19-29-24-48-34-21-33(35-26(3)7-5-8-27(35)4)39-37(40-34)41-49(45,46)32-10-6-9-28(20-32)36(44)43(29)30-22-38(23-30)13-15-42(16-14-38)17-18-47-31-11-12-31/h5-10,20-21,25,29-31H,11-19,22-24H2,1-4H3,(H,39,40,41)/t29-/m1/s1. The molecular weight excluding hydrogens is 639 g/mol. The first-order valence-corrected chi connectivity index (χ1v) is 19.3. The van der Waals surface area contributed by atoms with Gasteiger partial charge in [0.2, 0.25) is 11.8 Å². The molecule has 10 nitrogen and oxygen atoms in total. The summed E-state index contributed by atoms with van der Waals surface area (Å²) in [5, 5.41) is 0. The molecule has 3 heterocycles. The van der Waals surface area contributed by atoms with Gasteiger partial charge in [0, 0.05) is 29.8 Å². The minimum atomic E-state index is -4.11. The van der Waals surface area contributed by atoms with Crippen LogP contribution in [0.4, 0.5) is 5.95 Å². The summed E-state index contributed by atoms with van der Waals surface area (Å²) in [6.07, 6.45) is 7.74. The molecule has 2 aliphatic carbocycles. The maximum atomic E-state index is 14.6. The van der Waals surface area contributed by atoms with E-state index in [-0.39, 0.29) is 46.7 Å². The highest BCUT2D eigenvalue weighted by Gasteiger charge is 2.50. The van der Waals surface area contributed by atoms with Gasteiger partial charge in [0.1, 0.15) is 6.61 Å². The Morgan fingerprint density at radius 2 is 1.73 bits per heavy atom. The Hall–Kier alpha value is -3.54. The van der Waals surface area contributed by atoms with E-state index in [0.717, 1.165) is 75.0 Å². The maximum Gasteiger partial charge on any atom is 0.264 e. The molecule has 1 N–H and O–H groups in total. The molecule has 7 rings (SSSR count). The zero-order valence-corrected chi connectivity index (χ0v) is 30.0. The van der Waals surface area contributed by atoms with Crippen LogP contribution in [-0.4, -0.2) is 85.1 Å². The average molecular weight is 688 g/mol. The second-order valence-corrected chi connectivity index (χ2v) is 16.8. The van der Waals surface area contributed by atoms with Gasteiger partial charge in [-0.2, -0.15) is 4.98 Å². The van der Waals surface area contributed by atoms with E-state index in [2.05, 4.69) is 33.4 Å². The van der Waals surface area contributed by atoms with E-state index < -0.39 is 10.0 Å². The minimum Gasteiger partial charge on any atom is -0.475 e. The molecule has 0 unspecified atom stereocenters. The number of piperidine rings is 1. The zero-order chi connectivity index (χ0) is 34.3. The van der Waals surface area contributed by atoms with Crippen LogP contribution < -0.4 is 9.46 Å². The first-order chi connectivity index (χ1) is 23.5. The lowest BCUT2D eigenvalue weighted by Gasteiger charge is -2.56. The van der Waals surface area contributed by atoms with E-state index in [1.807, 2.05) is 36.9 Å². The number of aryl methyl sites for hydroxylation is 2. The van der Waals surface area contributed by atoms with Crippen molar-refractivity contribution < 1.29 is 22.7 Å². The average Bonchev–Trinajstić information content (AvgIpc) is 3.87. The second kappa shape index (κ2) is 13.6. The molecule has 11 heteroatoms. The Bertz CT molecular complexity index is 1770. The Labute approximate surface area is 290 Å². The first kappa shape index (κ1) is 33.9. The number of amides is 1. The first-order valence-electron chi connectivity index (χ1n) is 17.9. The van der Waals surface area contributed by atoms with Crippen LogP contribution in [0.2, 0.25) is 0 Å². The number of rotatable bonds is 8. The third-order valence-electron chi connectivity index (χ3n) is 10.8. The number of nitrogens with zero attached hydrogens (tertiary/aromatic N) is 4. The van der Waals surface area contributed by atoms with Gasteiger partial charge in [0.25, 0.3) is 15.9 Å². The molecular formula is C38H49N5O5S. The van der Waals surface area contributed by atoms with Gasteiger partial charge in [0.05, 0.1) is 29.3 Å². The number of likely N-dealkylation sites (tertiary alicyclic amines) is 1. The fourth-order valence-electron chi connectivity index (χ4n) is 8.01. The van der Waals surface area contributed by atoms with Crippen LogP contribution in [0.1, 0.15) is 80.3 Å². The molecule has 1 spiro atoms. The third kappa shape index (κ3) is 7.49. The number of nitrogens with one attached hydrogen (secondary N) is 1. The van der Waals surface area contributed by atoms with Gasteiger partial charge in [-0.1, -0.05) is 38.1 Å². The largest absolute Gasteiger partial charge is 0.475 e. The number of carbonyl (C=O) groups excluding carboxylic acids is 1. The predicted molar refractivity (Wildman–Crippen MR) is 189 cm³/mol. The Kier molecular flexibility index (Phi) is 9.45. The van der Waals surface area contributed by atoms with Crippen molar-refractivity contribution in [1.82, 2.24) is 19.8 Å². The smallest absolute Gasteiger partial charge is 0.264 e. The lowest BCUT2D eigenvalue weighted by atomic mass is 9.59. The van der Waals surface area contributed by atoms with E-state index in [1.165, 1.54) is 25.0 Å². The van der Waals surface area contributed by atoms with Crippen molar-refractivity contribution in [3.05, 3.63) is 65.2 Å². The van der Waals surface area contributed by atoms with E-state index in [0.29, 0.717) is 23.3 Å². The van der Waals surface area contributed by atoms with Crippen molar-refractivity contribution in [2.24, 2.45) is 11.3 Å². The van der Waals surface area contributed by atoms with Gasteiger partial charge < -0.3 is 19.3 Å². The van der Waals surface area contributed by atoms with Crippen LogP contribution in [0.15, 0.2) is 53.4 Å². The SMILES string of the molecule is Cc1cccc(C)c1-c1cc2nc(n1)NS(=O)(=O)c1cccc(c1)C(=O)N(C1CC3(CCN(CCOC4CC4)CC3)C1)[C@H](CC(C)C)CO2. The second-order valence-electron chi connectivity index (χ2n) is 15.1. The maximum absolute atomic E-state index is 14.6. The number of hydrogen-bond acceptors (Lipinski definition) is 8. The van der Waals surface area contributed by atoms with Crippen LogP contribution in [0.3, 0.4) is 0 Å². The van der Waals surface area contributed by atoms with Crippen LogP contribution >= 0.6 is 0 Å². The summed E-state index contributed by atoms with van der Waals surface area (Å²) < 4.78 is 42.4. The molecule has 3 aromatic rings. The Balaban J connectivity index is 1.19. The number of anilines is 1. The predicted octanol–water partition coefficient (Wildman–Crippen LogP) is 6.23. The number of benzene rings is 2. The fourth-order valence-corrected chi connectivity index (χ4v) is 9.00. The molecule has 1 atom stereocenters. The van der Waals surface area contributed by atoms with Crippen molar-refractivity contribution in [3.63, 3.8) is 0 Å². The summed E-state index contributed by atoms with van der Waals surface area (Å²) in [6, 6.07) is 13.9. The topological polar surface area (TPSA) is 114 Å². The molecule has 2 aromatic carbocycles. The minimum absolute atomic E-state index is 0.00961. The van der Waals surface area contributed by atoms with Crippen LogP contribution in [0.5, 0.6) is 5.88 Å². The van der Waals surface area contributed by atoms with E-state index >= 15 is 0 Å². The van der Waals surface area contributed by atoms with Gasteiger partial charge in [-0.05, 0) is 113 Å². The molecule has 1 aromatic heterocycles. The lowest BCUT2D eigenvalue weighted by molar-refractivity contribution is -0.0554. The summed E-state index contributed by atoms with van der Waals surface area (Å²) >= 11 is 0. The van der Waals surface area contributed by atoms with Crippen molar-refractivity contribution in [1.29, 1.82) is 0 Å². The molecule has 49 heavy (non-hydrogen) atoms. The van der Waals surface area contributed by atoms with Crippen LogP contribution in [0, 0.1) is 25.2 Å². The Morgan fingerprint density at radius 3 is 2.43 bits per heavy atom. The molecule has 1 saturated heterocycles. The summed E-state index contributed by atoms with van der Waals surface area (Å²) in [6.45, 7) is 12.5.